The fraction of sp³-hybridized carbons (Fsp3) is 0.562. The predicted molar refractivity (Wildman–Crippen MR) is 99.7 cm³/mol. The number of unbranched alkanes of at least 4 members (excludes halogenated alkanes) is 2. The molecule has 3 N–H and O–H groups in total. The van der Waals surface area contributed by atoms with Crippen molar-refractivity contribution in [2.75, 3.05) is 16.9 Å². The minimum absolute atomic E-state index is 0.00515. The number of anilines is 1. The molecule has 0 atom stereocenters. The molecule has 1 saturated carbocycles. The molecule has 0 bridgehead atoms. The van der Waals surface area contributed by atoms with Gasteiger partial charge < -0.3 is 0 Å². The first-order chi connectivity index (χ1) is 12.2. The molecule has 1 aromatic carbocycles. The average molecular weight is 404 g/mol. The van der Waals surface area contributed by atoms with Crippen molar-refractivity contribution in [2.24, 2.45) is 0 Å². The minimum Gasteiger partial charge on any atom is -0.299 e. The molecule has 2 rings (SSSR count). The molecule has 146 valence electrons. The molecule has 0 aliphatic heterocycles. The number of nitrogens with one attached hydrogen (secondary N) is 3. The summed E-state index contributed by atoms with van der Waals surface area (Å²) in [4.78, 5) is 11.9. The van der Waals surface area contributed by atoms with Crippen molar-refractivity contribution in [2.45, 2.75) is 50.0 Å². The Bertz CT molecular complexity index is 816. The SMILES string of the molecule is CCCCCS(=O)(=O)CC(=O)NNc1ccc(S(=O)(=O)NC2CC2)cc1. The summed E-state index contributed by atoms with van der Waals surface area (Å²) in [6.45, 7) is 1.97. The van der Waals surface area contributed by atoms with Crippen LogP contribution in [0.3, 0.4) is 0 Å². The second kappa shape index (κ2) is 8.83. The number of carbonyl (C=O) groups excluding carboxylic acids is 1. The normalized spacial score (nSPS) is 14.8. The van der Waals surface area contributed by atoms with Gasteiger partial charge in [0.2, 0.25) is 10.0 Å². The summed E-state index contributed by atoms with van der Waals surface area (Å²) >= 11 is 0. The van der Waals surface area contributed by atoms with E-state index >= 15 is 0 Å². The Morgan fingerprint density at radius 3 is 2.31 bits per heavy atom. The molecule has 0 spiro atoms. The van der Waals surface area contributed by atoms with Gasteiger partial charge in [0.25, 0.3) is 5.91 Å². The molecule has 10 heteroatoms. The van der Waals surface area contributed by atoms with E-state index in [-0.39, 0.29) is 16.7 Å². The molecule has 1 amide bonds. The molecule has 0 radical (unpaired) electrons. The molecule has 1 aromatic rings. The molecular formula is C16H25N3O5S2. The number of amides is 1. The topological polar surface area (TPSA) is 121 Å². The highest BCUT2D eigenvalue weighted by Crippen LogP contribution is 2.22. The summed E-state index contributed by atoms with van der Waals surface area (Å²) in [5.74, 6) is -1.25. The van der Waals surface area contributed by atoms with Crippen molar-refractivity contribution in [1.29, 1.82) is 0 Å². The van der Waals surface area contributed by atoms with Gasteiger partial charge in [-0.15, -0.1) is 0 Å². The van der Waals surface area contributed by atoms with E-state index in [1.807, 2.05) is 6.92 Å². The van der Waals surface area contributed by atoms with Crippen LogP contribution in [0.1, 0.15) is 39.0 Å². The third kappa shape index (κ3) is 6.93. The number of benzene rings is 1. The lowest BCUT2D eigenvalue weighted by Crippen LogP contribution is -2.35. The first-order valence-corrected chi connectivity index (χ1v) is 11.9. The number of carbonyl (C=O) groups is 1. The highest BCUT2D eigenvalue weighted by molar-refractivity contribution is 7.92. The maximum Gasteiger partial charge on any atom is 0.253 e. The highest BCUT2D eigenvalue weighted by Gasteiger charge is 2.27. The van der Waals surface area contributed by atoms with Crippen molar-refractivity contribution in [3.05, 3.63) is 24.3 Å². The zero-order valence-electron chi connectivity index (χ0n) is 14.7. The standard InChI is InChI=1S/C16H25N3O5S2/c1-2-3-4-11-25(21,22)12-16(20)18-17-13-7-9-15(10-8-13)26(23,24)19-14-5-6-14/h7-10,14,17,19H,2-6,11-12H2,1H3,(H,18,20). The van der Waals surface area contributed by atoms with Gasteiger partial charge in [-0.05, 0) is 43.5 Å². The molecule has 0 heterocycles. The molecule has 26 heavy (non-hydrogen) atoms. The number of rotatable bonds is 11. The van der Waals surface area contributed by atoms with E-state index < -0.39 is 31.5 Å². The van der Waals surface area contributed by atoms with E-state index in [2.05, 4.69) is 15.6 Å². The van der Waals surface area contributed by atoms with Crippen LogP contribution in [0.4, 0.5) is 5.69 Å². The monoisotopic (exact) mass is 403 g/mol. The zero-order chi connectivity index (χ0) is 19.2. The molecule has 1 aliphatic carbocycles. The van der Waals surface area contributed by atoms with E-state index in [1.54, 1.807) is 0 Å². The van der Waals surface area contributed by atoms with Gasteiger partial charge in [0, 0.05) is 6.04 Å². The number of sulfonamides is 1. The second-order valence-electron chi connectivity index (χ2n) is 6.39. The van der Waals surface area contributed by atoms with Crippen molar-refractivity contribution in [1.82, 2.24) is 10.1 Å². The van der Waals surface area contributed by atoms with E-state index in [0.29, 0.717) is 12.1 Å². The van der Waals surface area contributed by atoms with E-state index in [4.69, 9.17) is 0 Å². The number of sulfone groups is 1. The molecule has 1 fully saturated rings. The third-order valence-electron chi connectivity index (χ3n) is 3.82. The van der Waals surface area contributed by atoms with Gasteiger partial charge >= 0.3 is 0 Å². The zero-order valence-corrected chi connectivity index (χ0v) is 16.3. The van der Waals surface area contributed by atoms with Crippen LogP contribution in [0.25, 0.3) is 0 Å². The smallest absolute Gasteiger partial charge is 0.253 e. The highest BCUT2D eigenvalue weighted by atomic mass is 32.2. The van der Waals surface area contributed by atoms with Crippen LogP contribution in [-0.4, -0.2) is 40.3 Å². The largest absolute Gasteiger partial charge is 0.299 e. The van der Waals surface area contributed by atoms with Gasteiger partial charge in [-0.1, -0.05) is 19.8 Å². The Kier molecular flexibility index (Phi) is 7.01. The van der Waals surface area contributed by atoms with Crippen LogP contribution in [0, 0.1) is 0 Å². The first kappa shape index (κ1) is 20.7. The summed E-state index contributed by atoms with van der Waals surface area (Å²) in [6.07, 6.45) is 3.97. The summed E-state index contributed by atoms with van der Waals surface area (Å²) in [7, 11) is -6.95. The van der Waals surface area contributed by atoms with Crippen molar-refractivity contribution in [3.8, 4) is 0 Å². The Labute approximate surface area is 154 Å². The molecule has 0 aromatic heterocycles. The molecule has 0 saturated heterocycles. The number of hydrogen-bond donors (Lipinski definition) is 3. The number of hydrazine groups is 1. The average Bonchev–Trinajstić information content (AvgIpc) is 3.36. The van der Waals surface area contributed by atoms with E-state index in [9.17, 15) is 21.6 Å². The van der Waals surface area contributed by atoms with Gasteiger partial charge in [0.1, 0.15) is 5.75 Å². The lowest BCUT2D eigenvalue weighted by Gasteiger charge is -2.10. The van der Waals surface area contributed by atoms with Crippen LogP contribution in [0.15, 0.2) is 29.2 Å². The number of hydrogen-bond acceptors (Lipinski definition) is 6. The van der Waals surface area contributed by atoms with Crippen LogP contribution >= 0.6 is 0 Å². The predicted octanol–water partition coefficient (Wildman–Crippen LogP) is 1.18. The summed E-state index contributed by atoms with van der Waals surface area (Å²) in [6, 6.07) is 5.85. The van der Waals surface area contributed by atoms with Gasteiger partial charge in [0.05, 0.1) is 16.3 Å². The lowest BCUT2D eigenvalue weighted by molar-refractivity contribution is -0.118. The van der Waals surface area contributed by atoms with Gasteiger partial charge in [-0.25, -0.2) is 21.6 Å². The summed E-state index contributed by atoms with van der Waals surface area (Å²) in [5, 5.41) is 0. The molecular weight excluding hydrogens is 378 g/mol. The Hall–Kier alpha value is -1.65. The molecule has 0 unspecified atom stereocenters. The second-order valence-corrected chi connectivity index (χ2v) is 10.3. The lowest BCUT2D eigenvalue weighted by atomic mass is 10.3. The molecule has 1 aliphatic rings. The van der Waals surface area contributed by atoms with E-state index in [0.717, 1.165) is 25.7 Å². The Balaban J connectivity index is 1.82. The van der Waals surface area contributed by atoms with Gasteiger partial charge in [-0.2, -0.15) is 0 Å². The van der Waals surface area contributed by atoms with Crippen LogP contribution in [0.2, 0.25) is 0 Å². The summed E-state index contributed by atoms with van der Waals surface area (Å²) in [5.41, 5.74) is 5.35. The van der Waals surface area contributed by atoms with Crippen molar-refractivity contribution >= 4 is 31.5 Å². The molecule has 8 nitrogen and oxygen atoms in total. The van der Waals surface area contributed by atoms with Gasteiger partial charge in [-0.3, -0.25) is 15.6 Å². The van der Waals surface area contributed by atoms with Crippen LogP contribution in [0.5, 0.6) is 0 Å². The summed E-state index contributed by atoms with van der Waals surface area (Å²) < 4.78 is 50.3. The van der Waals surface area contributed by atoms with E-state index in [1.165, 1.54) is 24.3 Å². The third-order valence-corrected chi connectivity index (χ3v) is 6.97. The maximum atomic E-state index is 12.1. The van der Waals surface area contributed by atoms with Gasteiger partial charge in [0.15, 0.2) is 9.84 Å². The maximum absolute atomic E-state index is 12.1. The fourth-order valence-corrected chi connectivity index (χ4v) is 4.79. The Morgan fingerprint density at radius 2 is 1.73 bits per heavy atom. The van der Waals surface area contributed by atoms with Crippen molar-refractivity contribution in [3.63, 3.8) is 0 Å². The van der Waals surface area contributed by atoms with Crippen molar-refractivity contribution < 1.29 is 21.6 Å². The van der Waals surface area contributed by atoms with Crippen LogP contribution < -0.4 is 15.6 Å². The van der Waals surface area contributed by atoms with Crippen LogP contribution in [-0.2, 0) is 24.7 Å². The Morgan fingerprint density at radius 1 is 1.08 bits per heavy atom. The first-order valence-electron chi connectivity index (χ1n) is 8.59. The quantitative estimate of drug-likeness (QED) is 0.377. The minimum atomic E-state index is -3.52. The fourth-order valence-electron chi connectivity index (χ4n) is 2.23.